The lowest BCUT2D eigenvalue weighted by Gasteiger charge is -2.14. The highest BCUT2D eigenvalue weighted by Gasteiger charge is 2.50. The summed E-state index contributed by atoms with van der Waals surface area (Å²) in [7, 11) is 1.43. The van der Waals surface area contributed by atoms with Gasteiger partial charge in [-0.15, -0.1) is 0 Å². The number of carbonyl (C=O) groups is 1. The van der Waals surface area contributed by atoms with Gasteiger partial charge in [-0.05, 0) is 25.0 Å². The second kappa shape index (κ2) is 4.08. The number of hydrogen-bond acceptors (Lipinski definition) is 5. The lowest BCUT2D eigenvalue weighted by molar-refractivity contribution is -0.146. The molecule has 1 saturated carbocycles. The first-order chi connectivity index (χ1) is 8.73. The van der Waals surface area contributed by atoms with Gasteiger partial charge in [0.25, 0.3) is 0 Å². The lowest BCUT2D eigenvalue weighted by Crippen LogP contribution is -2.25. The SMILES string of the molecule is COC(=O)C1(CNc2ccc3c(c2)OCO3)CC1. The molecule has 0 bridgehead atoms. The summed E-state index contributed by atoms with van der Waals surface area (Å²) in [4.78, 5) is 11.6. The molecule has 3 rings (SSSR count). The monoisotopic (exact) mass is 249 g/mol. The lowest BCUT2D eigenvalue weighted by atomic mass is 10.1. The van der Waals surface area contributed by atoms with E-state index in [4.69, 9.17) is 14.2 Å². The number of hydrogen-bond donors (Lipinski definition) is 1. The van der Waals surface area contributed by atoms with Crippen LogP contribution in [0, 0.1) is 5.41 Å². The van der Waals surface area contributed by atoms with Crippen molar-refractivity contribution in [1.82, 2.24) is 0 Å². The molecule has 1 heterocycles. The van der Waals surface area contributed by atoms with Gasteiger partial charge in [0.2, 0.25) is 6.79 Å². The van der Waals surface area contributed by atoms with Crippen molar-refractivity contribution in [3.63, 3.8) is 0 Å². The topological polar surface area (TPSA) is 56.8 Å². The van der Waals surface area contributed by atoms with Crippen molar-refractivity contribution in [3.05, 3.63) is 18.2 Å². The summed E-state index contributed by atoms with van der Waals surface area (Å²) in [5.41, 5.74) is 0.597. The number of benzene rings is 1. The van der Waals surface area contributed by atoms with Crippen LogP contribution in [0.25, 0.3) is 0 Å². The molecule has 0 aromatic heterocycles. The first-order valence-electron chi connectivity index (χ1n) is 5.95. The molecule has 1 aliphatic carbocycles. The number of methoxy groups -OCH3 is 1. The number of carbonyl (C=O) groups excluding carboxylic acids is 1. The average molecular weight is 249 g/mol. The molecule has 0 amide bonds. The van der Waals surface area contributed by atoms with Crippen LogP contribution in [0.4, 0.5) is 5.69 Å². The van der Waals surface area contributed by atoms with Crippen LogP contribution in [0.15, 0.2) is 18.2 Å². The minimum atomic E-state index is -0.328. The van der Waals surface area contributed by atoms with Crippen LogP contribution in [0.2, 0.25) is 0 Å². The fraction of sp³-hybridized carbons (Fsp3) is 0.462. The summed E-state index contributed by atoms with van der Waals surface area (Å²) >= 11 is 0. The quantitative estimate of drug-likeness (QED) is 0.824. The average Bonchev–Trinajstić information content (AvgIpc) is 3.05. The van der Waals surface area contributed by atoms with Crippen LogP contribution in [0.3, 0.4) is 0 Å². The maximum atomic E-state index is 11.6. The van der Waals surface area contributed by atoms with Crippen LogP contribution in [0.5, 0.6) is 11.5 Å². The Morgan fingerprint density at radius 3 is 2.89 bits per heavy atom. The number of nitrogens with one attached hydrogen (secondary N) is 1. The zero-order chi connectivity index (χ0) is 12.6. The second-order valence-electron chi connectivity index (χ2n) is 4.69. The van der Waals surface area contributed by atoms with Gasteiger partial charge in [0.1, 0.15) is 0 Å². The third kappa shape index (κ3) is 1.85. The molecule has 5 heteroatoms. The van der Waals surface area contributed by atoms with Crippen molar-refractivity contribution in [3.8, 4) is 11.5 Å². The van der Waals surface area contributed by atoms with Gasteiger partial charge >= 0.3 is 5.97 Å². The van der Waals surface area contributed by atoms with E-state index in [0.29, 0.717) is 6.54 Å². The highest BCUT2D eigenvalue weighted by molar-refractivity contribution is 5.80. The zero-order valence-electron chi connectivity index (χ0n) is 10.2. The van der Waals surface area contributed by atoms with Crippen molar-refractivity contribution in [2.24, 2.45) is 5.41 Å². The summed E-state index contributed by atoms with van der Waals surface area (Å²) in [5.74, 6) is 1.37. The summed E-state index contributed by atoms with van der Waals surface area (Å²) in [6.45, 7) is 0.865. The number of ether oxygens (including phenoxy) is 3. The maximum Gasteiger partial charge on any atom is 0.313 e. The Labute approximate surface area is 105 Å². The molecule has 0 atom stereocenters. The molecule has 1 aromatic carbocycles. The van der Waals surface area contributed by atoms with Crippen molar-refractivity contribution >= 4 is 11.7 Å². The molecular weight excluding hydrogens is 234 g/mol. The van der Waals surface area contributed by atoms with Gasteiger partial charge in [-0.3, -0.25) is 4.79 Å². The third-order valence-corrected chi connectivity index (χ3v) is 3.48. The molecule has 1 aromatic rings. The predicted octanol–water partition coefficient (Wildman–Crippen LogP) is 1.78. The van der Waals surface area contributed by atoms with Gasteiger partial charge in [0.05, 0.1) is 12.5 Å². The summed E-state index contributed by atoms with van der Waals surface area (Å²) < 4.78 is 15.4. The van der Waals surface area contributed by atoms with Crippen molar-refractivity contribution in [1.29, 1.82) is 0 Å². The molecule has 5 nitrogen and oxygen atoms in total. The van der Waals surface area contributed by atoms with Gasteiger partial charge in [-0.1, -0.05) is 0 Å². The van der Waals surface area contributed by atoms with Crippen LogP contribution in [-0.2, 0) is 9.53 Å². The molecule has 18 heavy (non-hydrogen) atoms. The van der Waals surface area contributed by atoms with E-state index in [9.17, 15) is 4.79 Å². The smallest absolute Gasteiger partial charge is 0.313 e. The highest BCUT2D eigenvalue weighted by atomic mass is 16.7. The fourth-order valence-corrected chi connectivity index (χ4v) is 2.10. The zero-order valence-corrected chi connectivity index (χ0v) is 10.2. The van der Waals surface area contributed by atoms with Gasteiger partial charge in [0, 0.05) is 18.3 Å². The van der Waals surface area contributed by atoms with Crippen molar-refractivity contribution < 1.29 is 19.0 Å². The van der Waals surface area contributed by atoms with Crippen molar-refractivity contribution in [2.45, 2.75) is 12.8 Å². The number of fused-ring (bicyclic) bond motifs is 1. The first kappa shape index (κ1) is 11.2. The molecule has 0 saturated heterocycles. The molecule has 2 aliphatic rings. The Hall–Kier alpha value is -1.91. The first-order valence-corrected chi connectivity index (χ1v) is 5.95. The van der Waals surface area contributed by atoms with E-state index in [-0.39, 0.29) is 18.2 Å². The number of anilines is 1. The number of esters is 1. The Morgan fingerprint density at radius 1 is 1.39 bits per heavy atom. The summed E-state index contributed by atoms with van der Waals surface area (Å²) in [5, 5.41) is 3.26. The van der Waals surface area contributed by atoms with Crippen LogP contribution < -0.4 is 14.8 Å². The molecular formula is C13H15NO4. The normalized spacial score (nSPS) is 18.3. The van der Waals surface area contributed by atoms with E-state index in [1.165, 1.54) is 7.11 Å². The maximum absolute atomic E-state index is 11.6. The Kier molecular flexibility index (Phi) is 2.54. The standard InChI is InChI=1S/C13H15NO4/c1-16-12(15)13(4-5-13)7-14-9-2-3-10-11(6-9)18-8-17-10/h2-3,6,14H,4-5,7-8H2,1H3. The largest absolute Gasteiger partial charge is 0.469 e. The van der Waals surface area contributed by atoms with E-state index in [1.54, 1.807) is 0 Å². The van der Waals surface area contributed by atoms with Crippen LogP contribution >= 0.6 is 0 Å². The van der Waals surface area contributed by atoms with Crippen LogP contribution in [0.1, 0.15) is 12.8 Å². The van der Waals surface area contributed by atoms with Gasteiger partial charge in [-0.2, -0.15) is 0 Å². The summed E-state index contributed by atoms with van der Waals surface area (Å²) in [6, 6.07) is 5.67. The summed E-state index contributed by atoms with van der Waals surface area (Å²) in [6.07, 6.45) is 1.77. The minimum absolute atomic E-state index is 0.129. The molecule has 1 aliphatic heterocycles. The Balaban J connectivity index is 1.65. The van der Waals surface area contributed by atoms with E-state index in [2.05, 4.69) is 5.32 Å². The third-order valence-electron chi connectivity index (χ3n) is 3.48. The van der Waals surface area contributed by atoms with Gasteiger partial charge in [0.15, 0.2) is 11.5 Å². The molecule has 1 fully saturated rings. The van der Waals surface area contributed by atoms with Crippen LogP contribution in [-0.4, -0.2) is 26.4 Å². The van der Waals surface area contributed by atoms with Crippen molar-refractivity contribution in [2.75, 3.05) is 25.8 Å². The van der Waals surface area contributed by atoms with E-state index in [0.717, 1.165) is 30.0 Å². The van der Waals surface area contributed by atoms with Gasteiger partial charge in [-0.25, -0.2) is 0 Å². The number of rotatable bonds is 4. The van der Waals surface area contributed by atoms with Gasteiger partial charge < -0.3 is 19.5 Å². The Morgan fingerprint density at radius 2 is 2.17 bits per heavy atom. The molecule has 0 unspecified atom stereocenters. The molecule has 1 N–H and O–H groups in total. The Bertz CT molecular complexity index is 482. The molecule has 0 spiro atoms. The molecule has 96 valence electrons. The predicted molar refractivity (Wildman–Crippen MR) is 64.7 cm³/mol. The fourth-order valence-electron chi connectivity index (χ4n) is 2.10. The minimum Gasteiger partial charge on any atom is -0.469 e. The molecule has 0 radical (unpaired) electrons. The highest BCUT2D eigenvalue weighted by Crippen LogP contribution is 2.47. The van der Waals surface area contributed by atoms with E-state index in [1.807, 2.05) is 18.2 Å². The van der Waals surface area contributed by atoms with E-state index < -0.39 is 0 Å². The van der Waals surface area contributed by atoms with E-state index >= 15 is 0 Å². The second-order valence-corrected chi connectivity index (χ2v) is 4.69.